The molecule has 5 heteroatoms. The Hall–Kier alpha value is -1.30. The van der Waals surface area contributed by atoms with Crippen molar-refractivity contribution in [3.05, 3.63) is 23.8 Å². The van der Waals surface area contributed by atoms with Gasteiger partial charge < -0.3 is 19.9 Å². The summed E-state index contributed by atoms with van der Waals surface area (Å²) in [6.07, 6.45) is 0.953. The van der Waals surface area contributed by atoms with Gasteiger partial charge in [0.1, 0.15) is 0 Å². The number of aliphatic hydroxyl groups is 1. The Labute approximate surface area is 126 Å². The number of nitrogens with zero attached hydrogens (tertiary/aromatic N) is 1. The van der Waals surface area contributed by atoms with Crippen LogP contribution in [0.25, 0.3) is 0 Å². The zero-order valence-corrected chi connectivity index (χ0v) is 13.0. The summed E-state index contributed by atoms with van der Waals surface area (Å²) >= 11 is 0. The molecule has 1 aliphatic heterocycles. The highest BCUT2D eigenvalue weighted by Crippen LogP contribution is 2.32. The molecule has 1 fully saturated rings. The molecule has 0 aromatic heterocycles. The molecule has 1 aliphatic rings. The van der Waals surface area contributed by atoms with Crippen LogP contribution in [-0.2, 0) is 0 Å². The standard InChI is InChI=1S/C16H26N2O3/c1-3-10-21-16-11-13(4-5-15(16)20-2)14(12-19)18-8-6-17-7-9-18/h4-5,11,14,17,19H,3,6-10,12H2,1-2H3. The summed E-state index contributed by atoms with van der Waals surface area (Å²) in [4.78, 5) is 2.31. The fraction of sp³-hybridized carbons (Fsp3) is 0.625. The Morgan fingerprint density at radius 1 is 1.29 bits per heavy atom. The summed E-state index contributed by atoms with van der Waals surface area (Å²) < 4.78 is 11.1. The fourth-order valence-corrected chi connectivity index (χ4v) is 2.65. The number of methoxy groups -OCH3 is 1. The van der Waals surface area contributed by atoms with Crippen LogP contribution in [0.15, 0.2) is 18.2 Å². The van der Waals surface area contributed by atoms with Gasteiger partial charge in [-0.05, 0) is 24.1 Å². The second-order valence-electron chi connectivity index (χ2n) is 5.24. The highest BCUT2D eigenvalue weighted by atomic mass is 16.5. The van der Waals surface area contributed by atoms with Gasteiger partial charge >= 0.3 is 0 Å². The first kappa shape index (κ1) is 16.1. The third kappa shape index (κ3) is 4.09. The maximum Gasteiger partial charge on any atom is 0.161 e. The van der Waals surface area contributed by atoms with Crippen LogP contribution in [0, 0.1) is 0 Å². The molecule has 0 radical (unpaired) electrons. The molecule has 0 bridgehead atoms. The van der Waals surface area contributed by atoms with Crippen LogP contribution in [0.5, 0.6) is 11.5 Å². The van der Waals surface area contributed by atoms with Crippen molar-refractivity contribution >= 4 is 0 Å². The minimum atomic E-state index is 0.0157. The lowest BCUT2D eigenvalue weighted by atomic mass is 10.0. The Kier molecular flexibility index (Phi) is 6.29. The number of piperazine rings is 1. The monoisotopic (exact) mass is 294 g/mol. The summed E-state index contributed by atoms with van der Waals surface area (Å²) in [6.45, 7) is 6.67. The first-order chi connectivity index (χ1) is 10.3. The predicted octanol–water partition coefficient (Wildman–Crippen LogP) is 1.42. The van der Waals surface area contributed by atoms with Crippen molar-refractivity contribution in [2.75, 3.05) is 46.5 Å². The normalized spacial score (nSPS) is 17.5. The van der Waals surface area contributed by atoms with Gasteiger partial charge in [0.25, 0.3) is 0 Å². The number of rotatable bonds is 7. The quantitative estimate of drug-likeness (QED) is 0.796. The van der Waals surface area contributed by atoms with E-state index in [1.165, 1.54) is 0 Å². The number of ether oxygens (including phenoxy) is 2. The number of hydrogen-bond acceptors (Lipinski definition) is 5. The van der Waals surface area contributed by atoms with Crippen molar-refractivity contribution in [2.24, 2.45) is 0 Å². The molecule has 21 heavy (non-hydrogen) atoms. The zero-order chi connectivity index (χ0) is 15.1. The lowest BCUT2D eigenvalue weighted by Gasteiger charge is -2.34. The molecule has 2 rings (SSSR count). The molecule has 1 atom stereocenters. The molecular formula is C16H26N2O3. The maximum atomic E-state index is 9.79. The van der Waals surface area contributed by atoms with Gasteiger partial charge in [-0.1, -0.05) is 13.0 Å². The van der Waals surface area contributed by atoms with Crippen LogP contribution in [0.4, 0.5) is 0 Å². The van der Waals surface area contributed by atoms with Gasteiger partial charge in [0.05, 0.1) is 26.4 Å². The minimum Gasteiger partial charge on any atom is -0.493 e. The van der Waals surface area contributed by atoms with E-state index in [0.717, 1.165) is 49.7 Å². The van der Waals surface area contributed by atoms with Gasteiger partial charge in [0, 0.05) is 26.2 Å². The van der Waals surface area contributed by atoms with E-state index in [9.17, 15) is 5.11 Å². The lowest BCUT2D eigenvalue weighted by Crippen LogP contribution is -2.46. The summed E-state index contributed by atoms with van der Waals surface area (Å²) in [5.74, 6) is 1.50. The molecular weight excluding hydrogens is 268 g/mol. The van der Waals surface area contributed by atoms with Crippen molar-refractivity contribution in [3.8, 4) is 11.5 Å². The van der Waals surface area contributed by atoms with Crippen molar-refractivity contribution in [1.29, 1.82) is 0 Å². The summed E-state index contributed by atoms with van der Waals surface area (Å²) in [6, 6.07) is 5.95. The van der Waals surface area contributed by atoms with Gasteiger partial charge in [-0.15, -0.1) is 0 Å². The molecule has 118 valence electrons. The van der Waals surface area contributed by atoms with E-state index >= 15 is 0 Å². The van der Waals surface area contributed by atoms with Gasteiger partial charge in [-0.2, -0.15) is 0 Å². The van der Waals surface area contributed by atoms with E-state index < -0.39 is 0 Å². The molecule has 2 N–H and O–H groups in total. The van der Waals surface area contributed by atoms with E-state index in [1.807, 2.05) is 18.2 Å². The predicted molar refractivity (Wildman–Crippen MR) is 83.0 cm³/mol. The zero-order valence-electron chi connectivity index (χ0n) is 13.0. The SMILES string of the molecule is CCCOc1cc(C(CO)N2CCNCC2)ccc1OC. The highest BCUT2D eigenvalue weighted by molar-refractivity contribution is 5.44. The van der Waals surface area contributed by atoms with Crippen molar-refractivity contribution in [2.45, 2.75) is 19.4 Å². The first-order valence-electron chi connectivity index (χ1n) is 7.66. The smallest absolute Gasteiger partial charge is 0.161 e. The molecule has 5 nitrogen and oxygen atoms in total. The highest BCUT2D eigenvalue weighted by Gasteiger charge is 2.22. The maximum absolute atomic E-state index is 9.79. The Bertz CT molecular complexity index is 434. The molecule has 0 spiro atoms. The molecule has 1 saturated heterocycles. The molecule has 1 aromatic rings. The molecule has 0 saturated carbocycles. The van der Waals surface area contributed by atoms with Crippen LogP contribution in [0.1, 0.15) is 24.9 Å². The Morgan fingerprint density at radius 3 is 2.67 bits per heavy atom. The first-order valence-corrected chi connectivity index (χ1v) is 7.66. The van der Waals surface area contributed by atoms with Crippen LogP contribution in [-0.4, -0.2) is 56.5 Å². The van der Waals surface area contributed by atoms with Gasteiger partial charge in [0.15, 0.2) is 11.5 Å². The Balaban J connectivity index is 2.19. The Morgan fingerprint density at radius 2 is 2.05 bits per heavy atom. The van der Waals surface area contributed by atoms with E-state index in [-0.39, 0.29) is 12.6 Å². The van der Waals surface area contributed by atoms with E-state index in [1.54, 1.807) is 7.11 Å². The van der Waals surface area contributed by atoms with E-state index in [0.29, 0.717) is 6.61 Å². The van der Waals surface area contributed by atoms with Crippen LogP contribution >= 0.6 is 0 Å². The van der Waals surface area contributed by atoms with Crippen molar-refractivity contribution in [3.63, 3.8) is 0 Å². The number of benzene rings is 1. The molecule has 1 aromatic carbocycles. The van der Waals surface area contributed by atoms with Crippen LogP contribution in [0.3, 0.4) is 0 Å². The van der Waals surface area contributed by atoms with Gasteiger partial charge in [-0.25, -0.2) is 0 Å². The van der Waals surface area contributed by atoms with Crippen LogP contribution < -0.4 is 14.8 Å². The molecule has 0 amide bonds. The number of aliphatic hydroxyl groups excluding tert-OH is 1. The third-order valence-electron chi connectivity index (χ3n) is 3.80. The van der Waals surface area contributed by atoms with E-state index in [4.69, 9.17) is 9.47 Å². The van der Waals surface area contributed by atoms with Crippen molar-refractivity contribution < 1.29 is 14.6 Å². The third-order valence-corrected chi connectivity index (χ3v) is 3.80. The van der Waals surface area contributed by atoms with Gasteiger partial charge in [-0.3, -0.25) is 4.90 Å². The molecule has 1 heterocycles. The van der Waals surface area contributed by atoms with Gasteiger partial charge in [0.2, 0.25) is 0 Å². The number of nitrogens with one attached hydrogen (secondary N) is 1. The molecule has 1 unspecified atom stereocenters. The van der Waals surface area contributed by atoms with Crippen LogP contribution in [0.2, 0.25) is 0 Å². The second kappa shape index (κ2) is 8.22. The topological polar surface area (TPSA) is 54.0 Å². The minimum absolute atomic E-state index is 0.0157. The summed E-state index contributed by atoms with van der Waals surface area (Å²) in [7, 11) is 1.65. The fourth-order valence-electron chi connectivity index (χ4n) is 2.65. The van der Waals surface area contributed by atoms with E-state index in [2.05, 4.69) is 17.1 Å². The average Bonchev–Trinajstić information content (AvgIpc) is 2.55. The lowest BCUT2D eigenvalue weighted by molar-refractivity contribution is 0.110. The van der Waals surface area contributed by atoms with Crippen molar-refractivity contribution in [1.82, 2.24) is 10.2 Å². The average molecular weight is 294 g/mol. The number of hydrogen-bond donors (Lipinski definition) is 2. The second-order valence-corrected chi connectivity index (χ2v) is 5.24. The summed E-state index contributed by atoms with van der Waals surface area (Å²) in [5, 5.41) is 13.1. The summed E-state index contributed by atoms with van der Waals surface area (Å²) in [5.41, 5.74) is 1.08. The molecule has 0 aliphatic carbocycles. The largest absolute Gasteiger partial charge is 0.493 e.